The van der Waals surface area contributed by atoms with E-state index in [1.807, 2.05) is 0 Å². The Morgan fingerprint density at radius 1 is 1.31 bits per heavy atom. The van der Waals surface area contributed by atoms with Gasteiger partial charge in [0.05, 0.1) is 0 Å². The van der Waals surface area contributed by atoms with Gasteiger partial charge in [0.15, 0.2) is 0 Å². The lowest BCUT2D eigenvalue weighted by atomic mass is 9.89. The summed E-state index contributed by atoms with van der Waals surface area (Å²) in [5, 5.41) is 2.91. The highest BCUT2D eigenvalue weighted by Gasteiger charge is 2.15. The Labute approximate surface area is 96.4 Å². The van der Waals surface area contributed by atoms with Gasteiger partial charge < -0.3 is 5.32 Å². The number of rotatable bonds is 1. The first-order chi connectivity index (χ1) is 7.58. The van der Waals surface area contributed by atoms with Gasteiger partial charge in [-0.15, -0.1) is 0 Å². The smallest absolute Gasteiger partial charge is 0.221 e. The molecule has 0 saturated carbocycles. The molecule has 0 saturated heterocycles. The lowest BCUT2D eigenvalue weighted by Crippen LogP contribution is -2.21. The lowest BCUT2D eigenvalue weighted by molar-refractivity contribution is -0.117. The van der Waals surface area contributed by atoms with E-state index in [1.165, 1.54) is 22.3 Å². The molecule has 0 aliphatic heterocycles. The molecule has 1 N–H and O–H groups in total. The molecule has 0 aromatic heterocycles. The normalized spacial score (nSPS) is 14.1. The van der Waals surface area contributed by atoms with Crippen molar-refractivity contribution < 1.29 is 4.79 Å². The summed E-state index contributed by atoms with van der Waals surface area (Å²) in [5.74, 6) is -0.00161. The molecule has 2 heteroatoms. The average Bonchev–Trinajstić information content (AvgIpc) is 2.18. The van der Waals surface area contributed by atoms with Gasteiger partial charge in [-0.25, -0.2) is 0 Å². The highest BCUT2D eigenvalue weighted by atomic mass is 16.1. The van der Waals surface area contributed by atoms with E-state index in [9.17, 15) is 4.79 Å². The van der Waals surface area contributed by atoms with Crippen molar-refractivity contribution >= 4 is 11.6 Å². The van der Waals surface area contributed by atoms with Crippen LogP contribution in [0.2, 0.25) is 0 Å². The molecule has 0 atom stereocenters. The fraction of sp³-hybridized carbons (Fsp3) is 0.357. The molecule has 0 bridgehead atoms. The molecule has 2 rings (SSSR count). The molecule has 2 nitrogen and oxygen atoms in total. The Kier molecular flexibility index (Phi) is 2.82. The van der Waals surface area contributed by atoms with Gasteiger partial charge >= 0.3 is 0 Å². The van der Waals surface area contributed by atoms with Crippen LogP contribution >= 0.6 is 0 Å². The lowest BCUT2D eigenvalue weighted by Gasteiger charge is -2.20. The first-order valence-electron chi connectivity index (χ1n) is 5.66. The van der Waals surface area contributed by atoms with E-state index in [-0.39, 0.29) is 5.91 Å². The number of aryl methyl sites for hydroxylation is 2. The van der Waals surface area contributed by atoms with Crippen molar-refractivity contribution in [2.24, 2.45) is 0 Å². The van der Waals surface area contributed by atoms with E-state index >= 15 is 0 Å². The quantitative estimate of drug-likeness (QED) is 0.766. The van der Waals surface area contributed by atoms with Gasteiger partial charge in [-0.1, -0.05) is 17.7 Å². The molecule has 84 valence electrons. The van der Waals surface area contributed by atoms with Gasteiger partial charge in [0.1, 0.15) is 0 Å². The second kappa shape index (κ2) is 4.12. The number of amides is 1. The minimum absolute atomic E-state index is 0.00161. The SMILES string of the molecule is CC(=O)NC1=CCCc2c(C)cc(C)cc21. The van der Waals surface area contributed by atoms with Crippen LogP contribution < -0.4 is 5.32 Å². The Bertz CT molecular complexity index is 472. The number of carbonyl (C=O) groups is 1. The summed E-state index contributed by atoms with van der Waals surface area (Å²) in [5.41, 5.74) is 6.11. The number of allylic oxidation sites excluding steroid dienone is 1. The number of carbonyl (C=O) groups excluding carboxylic acids is 1. The average molecular weight is 215 g/mol. The Morgan fingerprint density at radius 2 is 2.06 bits per heavy atom. The molecular formula is C14H17NO. The van der Waals surface area contributed by atoms with Crippen LogP contribution in [-0.4, -0.2) is 5.91 Å². The fourth-order valence-corrected chi connectivity index (χ4v) is 2.35. The van der Waals surface area contributed by atoms with Crippen LogP contribution in [0.4, 0.5) is 0 Å². The van der Waals surface area contributed by atoms with Crippen molar-refractivity contribution in [3.05, 3.63) is 40.5 Å². The summed E-state index contributed by atoms with van der Waals surface area (Å²) < 4.78 is 0. The summed E-state index contributed by atoms with van der Waals surface area (Å²) in [4.78, 5) is 11.1. The van der Waals surface area contributed by atoms with Crippen molar-refractivity contribution in [1.82, 2.24) is 5.32 Å². The van der Waals surface area contributed by atoms with Crippen LogP contribution in [-0.2, 0) is 11.2 Å². The second-order valence-electron chi connectivity index (χ2n) is 4.45. The fourth-order valence-electron chi connectivity index (χ4n) is 2.35. The summed E-state index contributed by atoms with van der Waals surface area (Å²) in [6.07, 6.45) is 4.19. The third-order valence-corrected chi connectivity index (χ3v) is 2.96. The van der Waals surface area contributed by atoms with E-state index in [2.05, 4.69) is 37.4 Å². The zero-order valence-electron chi connectivity index (χ0n) is 10.1. The molecule has 0 radical (unpaired) electrons. The zero-order chi connectivity index (χ0) is 11.7. The molecule has 1 amide bonds. The van der Waals surface area contributed by atoms with Crippen LogP contribution in [0, 0.1) is 13.8 Å². The van der Waals surface area contributed by atoms with Crippen LogP contribution in [0.1, 0.15) is 35.6 Å². The van der Waals surface area contributed by atoms with Crippen LogP contribution in [0.5, 0.6) is 0 Å². The predicted octanol–water partition coefficient (Wildman–Crippen LogP) is 2.73. The Hall–Kier alpha value is -1.57. The first-order valence-corrected chi connectivity index (χ1v) is 5.66. The van der Waals surface area contributed by atoms with Gasteiger partial charge in [-0.2, -0.15) is 0 Å². The number of fused-ring (bicyclic) bond motifs is 1. The first kappa shape index (κ1) is 10.9. The van der Waals surface area contributed by atoms with Crippen molar-refractivity contribution in [2.75, 3.05) is 0 Å². The van der Waals surface area contributed by atoms with Crippen LogP contribution in [0.3, 0.4) is 0 Å². The topological polar surface area (TPSA) is 29.1 Å². The minimum Gasteiger partial charge on any atom is -0.326 e. The second-order valence-corrected chi connectivity index (χ2v) is 4.45. The van der Waals surface area contributed by atoms with Crippen molar-refractivity contribution in [1.29, 1.82) is 0 Å². The standard InChI is InChI=1S/C14H17NO/c1-9-7-10(2)12-5-4-6-14(13(12)8-9)15-11(3)16/h6-8H,4-5H2,1-3H3,(H,15,16). The molecular weight excluding hydrogens is 198 g/mol. The van der Waals surface area contributed by atoms with Crippen LogP contribution in [0.25, 0.3) is 5.70 Å². The van der Waals surface area contributed by atoms with E-state index in [1.54, 1.807) is 6.92 Å². The summed E-state index contributed by atoms with van der Waals surface area (Å²) in [6.45, 7) is 5.79. The molecule has 1 aliphatic carbocycles. The predicted molar refractivity (Wildman–Crippen MR) is 66.0 cm³/mol. The van der Waals surface area contributed by atoms with Crippen LogP contribution in [0.15, 0.2) is 18.2 Å². The van der Waals surface area contributed by atoms with Gasteiger partial charge in [-0.05, 0) is 43.9 Å². The molecule has 1 aliphatic rings. The zero-order valence-corrected chi connectivity index (χ0v) is 10.1. The monoisotopic (exact) mass is 215 g/mol. The van der Waals surface area contributed by atoms with Crippen molar-refractivity contribution in [3.8, 4) is 0 Å². The number of benzene rings is 1. The maximum absolute atomic E-state index is 11.1. The highest BCUT2D eigenvalue weighted by Crippen LogP contribution is 2.28. The summed E-state index contributed by atoms with van der Waals surface area (Å²) >= 11 is 0. The third kappa shape index (κ3) is 2.01. The molecule has 0 spiro atoms. The van der Waals surface area contributed by atoms with Gasteiger partial charge in [-0.3, -0.25) is 4.79 Å². The van der Waals surface area contributed by atoms with E-state index in [4.69, 9.17) is 0 Å². The molecule has 1 aromatic rings. The number of hydrogen-bond acceptors (Lipinski definition) is 1. The molecule has 0 heterocycles. The number of nitrogens with one attached hydrogen (secondary N) is 1. The number of hydrogen-bond donors (Lipinski definition) is 1. The van der Waals surface area contributed by atoms with E-state index < -0.39 is 0 Å². The molecule has 16 heavy (non-hydrogen) atoms. The highest BCUT2D eigenvalue weighted by molar-refractivity contribution is 5.86. The van der Waals surface area contributed by atoms with Gasteiger partial charge in [0.2, 0.25) is 5.91 Å². The maximum Gasteiger partial charge on any atom is 0.221 e. The van der Waals surface area contributed by atoms with Crippen molar-refractivity contribution in [3.63, 3.8) is 0 Å². The summed E-state index contributed by atoms with van der Waals surface area (Å²) in [7, 11) is 0. The van der Waals surface area contributed by atoms with E-state index in [0.717, 1.165) is 18.5 Å². The van der Waals surface area contributed by atoms with Crippen molar-refractivity contribution in [2.45, 2.75) is 33.6 Å². The Morgan fingerprint density at radius 3 is 2.75 bits per heavy atom. The molecule has 1 aromatic carbocycles. The maximum atomic E-state index is 11.1. The summed E-state index contributed by atoms with van der Waals surface area (Å²) in [6, 6.07) is 4.36. The van der Waals surface area contributed by atoms with Gasteiger partial charge in [0.25, 0.3) is 0 Å². The van der Waals surface area contributed by atoms with Gasteiger partial charge in [0, 0.05) is 18.2 Å². The molecule has 0 fully saturated rings. The Balaban J connectivity index is 2.48. The third-order valence-electron chi connectivity index (χ3n) is 2.96. The largest absolute Gasteiger partial charge is 0.326 e. The molecule has 0 unspecified atom stereocenters. The minimum atomic E-state index is -0.00161. The van der Waals surface area contributed by atoms with E-state index in [0.29, 0.717) is 0 Å².